The summed E-state index contributed by atoms with van der Waals surface area (Å²) in [6.45, 7) is 28.5. The van der Waals surface area contributed by atoms with Crippen LogP contribution in [0.4, 0.5) is 0 Å². The first-order valence-corrected chi connectivity index (χ1v) is 25.9. The van der Waals surface area contributed by atoms with Crippen molar-refractivity contribution in [1.29, 1.82) is 0 Å². The van der Waals surface area contributed by atoms with Crippen LogP contribution in [0.15, 0.2) is 182 Å². The first kappa shape index (κ1) is 59.8. The van der Waals surface area contributed by atoms with Gasteiger partial charge in [0.2, 0.25) is 0 Å². The third kappa shape index (κ3) is 17.8. The second kappa shape index (κ2) is 35.9. The molecular weight excluding hydrogens is 829 g/mol. The maximum atomic E-state index is 13.5. The molecule has 0 aliphatic rings. The number of nitrogens with one attached hydrogen (secondary N) is 2. The summed E-state index contributed by atoms with van der Waals surface area (Å²) >= 11 is 0. The molecule has 0 fully saturated rings. The number of rotatable bonds is 14. The van der Waals surface area contributed by atoms with Gasteiger partial charge in [-0.15, -0.1) is 0 Å². The Bertz CT molecular complexity index is 2280. The molecule has 6 aromatic carbocycles. The van der Waals surface area contributed by atoms with E-state index in [-0.39, 0.29) is 23.4 Å². The highest BCUT2D eigenvalue weighted by Gasteiger charge is 2.26. The van der Waals surface area contributed by atoms with Crippen LogP contribution >= 0.6 is 0 Å². The van der Waals surface area contributed by atoms with Crippen molar-refractivity contribution in [1.82, 2.24) is 9.97 Å². The van der Waals surface area contributed by atoms with Gasteiger partial charge >= 0.3 is 0 Å². The van der Waals surface area contributed by atoms with E-state index in [1.54, 1.807) is 0 Å². The lowest BCUT2D eigenvalue weighted by Crippen LogP contribution is -2.14. The number of ketones is 2. The molecule has 0 amide bonds. The van der Waals surface area contributed by atoms with Crippen LogP contribution in [0.1, 0.15) is 189 Å². The van der Waals surface area contributed by atoms with Gasteiger partial charge in [0.1, 0.15) is 0 Å². The fourth-order valence-electron chi connectivity index (χ4n) is 7.92. The number of carbonyl (C=O) groups excluding carboxylic acids is 2. The Morgan fingerprint density at radius 2 is 0.588 bits per heavy atom. The monoisotopic (exact) mass is 915 g/mol. The summed E-state index contributed by atoms with van der Waals surface area (Å²) in [6, 6.07) is 57.5. The summed E-state index contributed by atoms with van der Waals surface area (Å²) in [4.78, 5) is 33.6. The van der Waals surface area contributed by atoms with Gasteiger partial charge in [0, 0.05) is 57.2 Å². The lowest BCUT2D eigenvalue weighted by Gasteiger charge is -2.19. The molecule has 68 heavy (non-hydrogen) atoms. The number of benzene rings is 6. The number of aromatic amines is 2. The molecule has 4 heteroatoms. The van der Waals surface area contributed by atoms with E-state index < -0.39 is 0 Å². The van der Waals surface area contributed by atoms with Gasteiger partial charge in [0.05, 0.1) is 0 Å². The number of Topliss-reactive ketones (excluding diaryl/α,β-unsaturated/α-hetero) is 2. The first-order valence-electron chi connectivity index (χ1n) is 25.9. The molecule has 0 saturated heterocycles. The van der Waals surface area contributed by atoms with Gasteiger partial charge in [-0.3, -0.25) is 9.59 Å². The molecule has 0 radical (unpaired) electrons. The normalized spacial score (nSPS) is 11.5. The van der Waals surface area contributed by atoms with Crippen molar-refractivity contribution in [3.8, 4) is 0 Å². The number of fused-ring (bicyclic) bond motifs is 2. The largest absolute Gasteiger partial charge is 0.360 e. The molecule has 2 N–H and O–H groups in total. The van der Waals surface area contributed by atoms with Crippen LogP contribution in [0, 0.1) is 0 Å². The molecule has 0 aliphatic heterocycles. The van der Waals surface area contributed by atoms with Crippen molar-refractivity contribution in [3.63, 3.8) is 0 Å². The zero-order valence-corrected chi connectivity index (χ0v) is 44.3. The maximum absolute atomic E-state index is 13.5. The van der Waals surface area contributed by atoms with E-state index in [1.165, 1.54) is 11.1 Å². The minimum absolute atomic E-state index is 0.133. The van der Waals surface area contributed by atoms with E-state index in [0.29, 0.717) is 11.8 Å². The minimum Gasteiger partial charge on any atom is -0.360 e. The summed E-state index contributed by atoms with van der Waals surface area (Å²) in [7, 11) is 0. The highest BCUT2D eigenvalue weighted by molar-refractivity contribution is 6.11. The maximum Gasteiger partial charge on any atom is 0.172 e. The Hall–Kier alpha value is -6.26. The quantitative estimate of drug-likeness (QED) is 0.107. The zero-order chi connectivity index (χ0) is 50.7. The van der Waals surface area contributed by atoms with E-state index in [9.17, 15) is 9.59 Å². The lowest BCUT2D eigenvalue weighted by molar-refractivity contribution is 0.0947. The van der Waals surface area contributed by atoms with E-state index in [1.807, 2.05) is 193 Å². The molecule has 4 atom stereocenters. The van der Waals surface area contributed by atoms with Gasteiger partial charge in [-0.1, -0.05) is 255 Å². The molecule has 0 spiro atoms. The second-order valence-corrected chi connectivity index (χ2v) is 14.9. The van der Waals surface area contributed by atoms with Gasteiger partial charge in [-0.2, -0.15) is 0 Å². The van der Waals surface area contributed by atoms with Crippen molar-refractivity contribution in [2.75, 3.05) is 0 Å². The molecule has 0 saturated carbocycles. The smallest absolute Gasteiger partial charge is 0.172 e. The SMILES string of the molecule is CC.CC.CC.CC.CC.CC.CC(CC[C@@H](C(=O)c1c[nH]c2ccccc12)c1ccccc1)c1ccccc1.CC(CC[C@H](C(=O)c1c[nH]c2ccccc12)c1ccccc1)c1ccccc1. The predicted molar refractivity (Wildman–Crippen MR) is 300 cm³/mol. The average molecular weight is 915 g/mol. The summed E-state index contributed by atoms with van der Waals surface area (Å²) in [5.41, 5.74) is 8.44. The van der Waals surface area contributed by atoms with Gasteiger partial charge in [0.25, 0.3) is 0 Å². The Kier molecular flexibility index (Phi) is 31.5. The minimum atomic E-state index is -0.133. The fourth-order valence-corrected chi connectivity index (χ4v) is 7.92. The van der Waals surface area contributed by atoms with Crippen LogP contribution in [0.25, 0.3) is 21.8 Å². The third-order valence-electron chi connectivity index (χ3n) is 11.3. The second-order valence-electron chi connectivity index (χ2n) is 14.9. The lowest BCUT2D eigenvalue weighted by atomic mass is 9.83. The van der Waals surface area contributed by atoms with Crippen molar-refractivity contribution in [3.05, 3.63) is 216 Å². The summed E-state index contributed by atoms with van der Waals surface area (Å²) in [5, 5.41) is 2.01. The topological polar surface area (TPSA) is 65.7 Å². The number of carbonyl (C=O) groups is 2. The van der Waals surface area contributed by atoms with Crippen LogP contribution in [-0.4, -0.2) is 21.5 Å². The van der Waals surface area contributed by atoms with Crippen molar-refractivity contribution in [2.24, 2.45) is 0 Å². The van der Waals surface area contributed by atoms with Crippen molar-refractivity contribution < 1.29 is 9.59 Å². The molecule has 8 aromatic rings. The van der Waals surface area contributed by atoms with Gasteiger partial charge in [0.15, 0.2) is 11.6 Å². The van der Waals surface area contributed by atoms with Crippen molar-refractivity contribution >= 4 is 33.4 Å². The number of aromatic nitrogens is 2. The zero-order valence-electron chi connectivity index (χ0n) is 44.3. The molecule has 4 nitrogen and oxygen atoms in total. The van der Waals surface area contributed by atoms with E-state index in [0.717, 1.165) is 69.7 Å². The highest BCUT2D eigenvalue weighted by atomic mass is 16.1. The van der Waals surface area contributed by atoms with Gasteiger partial charge in [-0.05, 0) is 71.9 Å². The summed E-state index contributed by atoms with van der Waals surface area (Å²) in [6.07, 6.45) is 7.33. The van der Waals surface area contributed by atoms with Crippen molar-refractivity contribution in [2.45, 2.75) is 146 Å². The van der Waals surface area contributed by atoms with Crippen LogP contribution < -0.4 is 0 Å². The first-order chi connectivity index (χ1) is 33.5. The average Bonchev–Trinajstić information content (AvgIpc) is 4.09. The van der Waals surface area contributed by atoms with Gasteiger partial charge in [-0.25, -0.2) is 0 Å². The molecule has 2 unspecified atom stereocenters. The van der Waals surface area contributed by atoms with E-state index in [2.05, 4.69) is 96.6 Å². The van der Waals surface area contributed by atoms with E-state index in [4.69, 9.17) is 0 Å². The molecule has 2 heterocycles. The Morgan fingerprint density at radius 3 is 0.882 bits per heavy atom. The highest BCUT2D eigenvalue weighted by Crippen LogP contribution is 2.34. The molecule has 8 rings (SSSR count). The number of H-pyrrole nitrogens is 2. The Balaban J connectivity index is 0.000000558. The third-order valence-corrected chi connectivity index (χ3v) is 11.3. The fraction of sp³-hybridized carbons (Fsp3) is 0.344. The molecule has 2 aromatic heterocycles. The Labute approximate surface area is 413 Å². The Morgan fingerprint density at radius 1 is 0.338 bits per heavy atom. The van der Waals surface area contributed by atoms with Crippen LogP contribution in [0.3, 0.4) is 0 Å². The van der Waals surface area contributed by atoms with Crippen LogP contribution in [0.2, 0.25) is 0 Å². The number of hydrogen-bond donors (Lipinski definition) is 2. The molecule has 0 aliphatic carbocycles. The molecular formula is C64H86N2O2. The van der Waals surface area contributed by atoms with E-state index >= 15 is 0 Å². The molecule has 364 valence electrons. The van der Waals surface area contributed by atoms with Crippen LogP contribution in [0.5, 0.6) is 0 Å². The standard InChI is InChI=1S/2C26H25NO.6C2H6/c2*1-19(20-10-4-2-5-11-20)16-17-22(21-12-6-3-7-13-21)26(28)24-18-27-25-15-9-8-14-23(24)25;6*1-2/h2*2-15,18-19,22,27H,16-17H2,1H3;6*1-2H3/t2*19?,22-;;;;;;/m10....../s1. The summed E-state index contributed by atoms with van der Waals surface area (Å²) < 4.78 is 0. The van der Waals surface area contributed by atoms with Gasteiger partial charge < -0.3 is 9.97 Å². The van der Waals surface area contributed by atoms with Crippen LogP contribution in [-0.2, 0) is 0 Å². The molecule has 0 bridgehead atoms. The number of hydrogen-bond acceptors (Lipinski definition) is 2. The predicted octanol–water partition coefficient (Wildman–Crippen LogP) is 19.6. The summed E-state index contributed by atoms with van der Waals surface area (Å²) in [5.74, 6) is 0.970. The number of para-hydroxylation sites is 2.